The first kappa shape index (κ1) is 8.75. The molecule has 3 nitrogen and oxygen atoms in total. The molecule has 0 atom stereocenters. The van der Waals surface area contributed by atoms with Crippen LogP contribution in [0.15, 0.2) is 0 Å². The summed E-state index contributed by atoms with van der Waals surface area (Å²) in [4.78, 5) is 12.4. The molecular formula is C7H15BN2O. The van der Waals surface area contributed by atoms with E-state index < -0.39 is 0 Å². The maximum Gasteiger partial charge on any atom is 0.281 e. The van der Waals surface area contributed by atoms with Gasteiger partial charge in [0, 0.05) is 6.04 Å². The highest BCUT2D eigenvalue weighted by Crippen LogP contribution is 2.07. The molecule has 0 aromatic carbocycles. The van der Waals surface area contributed by atoms with Crippen molar-refractivity contribution in [1.82, 2.24) is 10.1 Å². The summed E-state index contributed by atoms with van der Waals surface area (Å²) in [5, 5.41) is 3.25. The van der Waals surface area contributed by atoms with Crippen molar-refractivity contribution >= 4 is 13.6 Å². The quantitative estimate of drug-likeness (QED) is 0.427. The number of nitrogens with one attached hydrogen (secondary N) is 1. The van der Waals surface area contributed by atoms with Crippen LogP contribution in [0.5, 0.6) is 0 Å². The number of piperidine rings is 1. The van der Waals surface area contributed by atoms with Crippen molar-refractivity contribution in [3.8, 4) is 0 Å². The van der Waals surface area contributed by atoms with Crippen LogP contribution in [-0.2, 0) is 4.79 Å². The van der Waals surface area contributed by atoms with Crippen molar-refractivity contribution in [2.45, 2.75) is 18.9 Å². The predicted octanol–water partition coefficient (Wildman–Crippen LogP) is -0.788. The maximum absolute atomic E-state index is 10.2. The summed E-state index contributed by atoms with van der Waals surface area (Å²) in [5.41, 5.74) is 0. The van der Waals surface area contributed by atoms with Crippen LogP contribution in [0.1, 0.15) is 12.8 Å². The van der Waals surface area contributed by atoms with E-state index in [2.05, 4.69) is 10.1 Å². The molecule has 0 saturated carbocycles. The maximum atomic E-state index is 10.2. The molecule has 1 saturated heterocycles. The fraction of sp³-hybridized carbons (Fsp3) is 0.857. The number of hydrogen-bond acceptors (Lipinski definition) is 3. The van der Waals surface area contributed by atoms with Crippen molar-refractivity contribution in [3.63, 3.8) is 0 Å². The van der Waals surface area contributed by atoms with E-state index in [1.54, 1.807) is 0 Å². The zero-order valence-electron chi connectivity index (χ0n) is 7.05. The second-order valence-corrected chi connectivity index (χ2v) is 3.03. The first-order valence-electron chi connectivity index (χ1n) is 4.20. The third-order valence-electron chi connectivity index (χ3n) is 2.33. The summed E-state index contributed by atoms with van der Waals surface area (Å²) in [6.07, 6.45) is 3.33. The summed E-state index contributed by atoms with van der Waals surface area (Å²) >= 11 is 0. The van der Waals surface area contributed by atoms with Crippen LogP contribution in [0.4, 0.5) is 0 Å². The number of carbonyl (C=O) groups excluding carboxylic acids is 1. The molecule has 4 heteroatoms. The largest absolute Gasteiger partial charge is 0.339 e. The molecule has 1 rings (SSSR count). The number of nitrogens with zero attached hydrogens (tertiary/aromatic N) is 1. The van der Waals surface area contributed by atoms with Crippen LogP contribution >= 0.6 is 0 Å². The average molecular weight is 154 g/mol. The summed E-state index contributed by atoms with van der Waals surface area (Å²) < 4.78 is 0. The highest BCUT2D eigenvalue weighted by Gasteiger charge is 2.16. The Morgan fingerprint density at radius 1 is 1.55 bits per heavy atom. The molecule has 1 N–H and O–H groups in total. The fourth-order valence-corrected chi connectivity index (χ4v) is 1.51. The van der Waals surface area contributed by atoms with Crippen molar-refractivity contribution in [2.24, 2.45) is 0 Å². The molecule has 62 valence electrons. The molecule has 0 spiro atoms. The Bertz CT molecular complexity index is 124. The van der Waals surface area contributed by atoms with Gasteiger partial charge >= 0.3 is 0 Å². The minimum atomic E-state index is 0.608. The van der Waals surface area contributed by atoms with Crippen LogP contribution in [0.3, 0.4) is 0 Å². The standard InChI is InChI=1S/C7H15BN2O/c1-9-7-2-4-10(5-3-7)8-6-11/h6-9H,2-5H2,1H3. The summed E-state index contributed by atoms with van der Waals surface area (Å²) in [5.74, 6) is 0. The van der Waals surface area contributed by atoms with E-state index >= 15 is 0 Å². The highest BCUT2D eigenvalue weighted by molar-refractivity contribution is 6.64. The van der Waals surface area contributed by atoms with Gasteiger partial charge in [0.25, 0.3) is 7.41 Å². The first-order valence-corrected chi connectivity index (χ1v) is 4.20. The lowest BCUT2D eigenvalue weighted by molar-refractivity contribution is 0.307. The molecule has 0 aromatic heterocycles. The fourth-order valence-electron chi connectivity index (χ4n) is 1.51. The number of hydrogen-bond donors (Lipinski definition) is 1. The molecule has 0 unspecified atom stereocenters. The lowest BCUT2D eigenvalue weighted by Crippen LogP contribution is -2.43. The van der Waals surface area contributed by atoms with Gasteiger partial charge < -0.3 is 14.9 Å². The molecular weight excluding hydrogens is 139 g/mol. The number of carbonyl (C=O) groups is 1. The Hall–Kier alpha value is -0.345. The summed E-state index contributed by atoms with van der Waals surface area (Å²) in [6.45, 7) is 2.12. The van der Waals surface area contributed by atoms with Crippen LogP contribution in [-0.4, -0.2) is 44.6 Å². The van der Waals surface area contributed by atoms with Gasteiger partial charge in [-0.25, -0.2) is 0 Å². The van der Waals surface area contributed by atoms with Gasteiger partial charge in [-0.2, -0.15) is 0 Å². The monoisotopic (exact) mass is 154 g/mol. The normalized spacial score (nSPS) is 21.5. The Balaban J connectivity index is 2.18. The van der Waals surface area contributed by atoms with Gasteiger partial charge in [0.2, 0.25) is 0 Å². The third-order valence-corrected chi connectivity index (χ3v) is 2.33. The zero-order valence-corrected chi connectivity index (χ0v) is 7.05. The van der Waals surface area contributed by atoms with E-state index in [1.807, 2.05) is 7.05 Å². The molecule has 0 aromatic rings. The van der Waals surface area contributed by atoms with E-state index in [9.17, 15) is 4.79 Å². The molecule has 0 amide bonds. The minimum absolute atomic E-state index is 0.608. The lowest BCUT2D eigenvalue weighted by Gasteiger charge is -2.30. The molecule has 0 radical (unpaired) electrons. The van der Waals surface area contributed by atoms with Gasteiger partial charge in [-0.05, 0) is 33.0 Å². The van der Waals surface area contributed by atoms with Gasteiger partial charge in [-0.15, -0.1) is 0 Å². The summed E-state index contributed by atoms with van der Waals surface area (Å²) in [7, 11) is 2.61. The molecule has 0 bridgehead atoms. The Kier molecular flexibility index (Phi) is 3.59. The SMILES string of the molecule is CNC1CCN(BC=O)CC1. The second-order valence-electron chi connectivity index (χ2n) is 3.03. The van der Waals surface area contributed by atoms with Crippen molar-refractivity contribution < 1.29 is 4.79 Å². The van der Waals surface area contributed by atoms with E-state index in [0.29, 0.717) is 13.5 Å². The Morgan fingerprint density at radius 3 is 2.64 bits per heavy atom. The van der Waals surface area contributed by atoms with Crippen LogP contribution < -0.4 is 5.32 Å². The average Bonchev–Trinajstić information content (AvgIpc) is 2.07. The number of rotatable bonds is 3. The van der Waals surface area contributed by atoms with Gasteiger partial charge in [0.1, 0.15) is 0 Å². The van der Waals surface area contributed by atoms with Crippen LogP contribution in [0, 0.1) is 0 Å². The second kappa shape index (κ2) is 4.52. The zero-order chi connectivity index (χ0) is 8.10. The highest BCUT2D eigenvalue weighted by atomic mass is 16.1. The van der Waals surface area contributed by atoms with Gasteiger partial charge in [0.05, 0.1) is 6.19 Å². The van der Waals surface area contributed by atoms with E-state index in [4.69, 9.17) is 0 Å². The topological polar surface area (TPSA) is 32.3 Å². The van der Waals surface area contributed by atoms with Gasteiger partial charge in [-0.3, -0.25) is 0 Å². The lowest BCUT2D eigenvalue weighted by atomic mass is 9.90. The van der Waals surface area contributed by atoms with Crippen molar-refractivity contribution in [2.75, 3.05) is 20.1 Å². The molecule has 11 heavy (non-hydrogen) atoms. The molecule has 0 aliphatic carbocycles. The van der Waals surface area contributed by atoms with Crippen molar-refractivity contribution in [1.29, 1.82) is 0 Å². The first-order chi connectivity index (χ1) is 5.36. The smallest absolute Gasteiger partial charge is 0.281 e. The van der Waals surface area contributed by atoms with Crippen molar-refractivity contribution in [3.05, 3.63) is 0 Å². The molecule has 1 fully saturated rings. The Labute approximate surface area is 68.4 Å². The van der Waals surface area contributed by atoms with Gasteiger partial charge in [0.15, 0.2) is 0 Å². The predicted molar refractivity (Wildman–Crippen MR) is 47.6 cm³/mol. The third kappa shape index (κ3) is 2.63. The van der Waals surface area contributed by atoms with E-state index in [0.717, 1.165) is 19.3 Å². The minimum Gasteiger partial charge on any atom is -0.339 e. The van der Waals surface area contributed by atoms with Crippen LogP contribution in [0.25, 0.3) is 0 Å². The summed E-state index contributed by atoms with van der Waals surface area (Å²) in [6, 6.07) is 0.665. The van der Waals surface area contributed by atoms with E-state index in [1.165, 1.54) is 12.8 Å². The van der Waals surface area contributed by atoms with Gasteiger partial charge in [-0.1, -0.05) is 0 Å². The molecule has 1 heterocycles. The van der Waals surface area contributed by atoms with E-state index in [-0.39, 0.29) is 0 Å². The molecule has 1 aliphatic rings. The Morgan fingerprint density at radius 2 is 2.18 bits per heavy atom. The van der Waals surface area contributed by atoms with Crippen LogP contribution in [0.2, 0.25) is 0 Å². The molecule has 1 aliphatic heterocycles.